The highest BCUT2D eigenvalue weighted by Gasteiger charge is 2.36. The van der Waals surface area contributed by atoms with Crippen LogP contribution in [0.25, 0.3) is 10.9 Å². The number of carbonyl (C=O) groups is 2. The van der Waals surface area contributed by atoms with Crippen LogP contribution in [0.1, 0.15) is 29.8 Å². The number of para-hydroxylation sites is 1. The van der Waals surface area contributed by atoms with Gasteiger partial charge in [-0.1, -0.05) is 18.2 Å². The van der Waals surface area contributed by atoms with Crippen LogP contribution in [-0.4, -0.2) is 94.2 Å². The Balaban J connectivity index is 1.50. The molecule has 8 nitrogen and oxygen atoms in total. The lowest BCUT2D eigenvalue weighted by atomic mass is 9.86. The Kier molecular flexibility index (Phi) is 5.82. The van der Waals surface area contributed by atoms with Gasteiger partial charge in [0.1, 0.15) is 0 Å². The average Bonchev–Trinajstić information content (AvgIpc) is 3.16. The number of aromatic amines is 1. The van der Waals surface area contributed by atoms with E-state index < -0.39 is 5.97 Å². The summed E-state index contributed by atoms with van der Waals surface area (Å²) < 4.78 is 0. The summed E-state index contributed by atoms with van der Waals surface area (Å²) >= 11 is 0. The highest BCUT2D eigenvalue weighted by molar-refractivity contribution is 6.04. The summed E-state index contributed by atoms with van der Waals surface area (Å²) in [5.74, 6) is -0.680. The number of rotatable bonds is 5. The molecule has 0 radical (unpaired) electrons. The van der Waals surface area contributed by atoms with Gasteiger partial charge in [0, 0.05) is 57.1 Å². The Morgan fingerprint density at radius 3 is 2.69 bits per heavy atom. The summed E-state index contributed by atoms with van der Waals surface area (Å²) in [6, 6.07) is 7.98. The zero-order valence-electron chi connectivity index (χ0n) is 16.9. The summed E-state index contributed by atoms with van der Waals surface area (Å²) in [7, 11) is 2.13. The van der Waals surface area contributed by atoms with Crippen LogP contribution in [0.5, 0.6) is 0 Å². The first-order chi connectivity index (χ1) is 14.0. The number of carboxylic acid groups (broad SMARTS) is 1. The van der Waals surface area contributed by atoms with Crippen molar-refractivity contribution in [3.63, 3.8) is 0 Å². The van der Waals surface area contributed by atoms with Crippen molar-refractivity contribution in [2.24, 2.45) is 5.92 Å². The van der Waals surface area contributed by atoms with Crippen molar-refractivity contribution in [1.82, 2.24) is 24.9 Å². The number of aromatic nitrogens is 2. The van der Waals surface area contributed by atoms with Crippen LogP contribution in [0.15, 0.2) is 24.3 Å². The summed E-state index contributed by atoms with van der Waals surface area (Å²) in [6.07, 6.45) is 1.61. The van der Waals surface area contributed by atoms with Crippen LogP contribution >= 0.6 is 0 Å². The van der Waals surface area contributed by atoms with E-state index in [2.05, 4.69) is 27.0 Å². The number of likely N-dealkylation sites (N-methyl/N-ethyl adjacent to an activating group) is 1. The van der Waals surface area contributed by atoms with Gasteiger partial charge in [0.25, 0.3) is 5.91 Å². The summed E-state index contributed by atoms with van der Waals surface area (Å²) in [5, 5.41) is 17.2. The number of carbonyl (C=O) groups excluding carboxylic acids is 1. The highest BCUT2D eigenvalue weighted by Crippen LogP contribution is 2.29. The Bertz CT molecular complexity index is 874. The molecule has 3 heterocycles. The van der Waals surface area contributed by atoms with Gasteiger partial charge >= 0.3 is 5.97 Å². The fourth-order valence-electron chi connectivity index (χ4n) is 4.71. The van der Waals surface area contributed by atoms with Gasteiger partial charge in [0.15, 0.2) is 5.69 Å². The predicted molar refractivity (Wildman–Crippen MR) is 110 cm³/mol. The van der Waals surface area contributed by atoms with Crippen molar-refractivity contribution in [2.45, 2.75) is 25.3 Å². The number of nitrogens with one attached hydrogen (secondary N) is 1. The summed E-state index contributed by atoms with van der Waals surface area (Å²) in [4.78, 5) is 31.1. The van der Waals surface area contributed by atoms with Gasteiger partial charge in [-0.15, -0.1) is 0 Å². The number of aliphatic carboxylic acids is 1. The molecule has 1 aromatic heterocycles. The number of hydrogen-bond donors (Lipinski definition) is 2. The maximum Gasteiger partial charge on any atom is 0.303 e. The Morgan fingerprint density at radius 1 is 1.17 bits per heavy atom. The van der Waals surface area contributed by atoms with Crippen LogP contribution in [0, 0.1) is 5.92 Å². The number of benzene rings is 1. The molecule has 0 spiro atoms. The lowest BCUT2D eigenvalue weighted by Crippen LogP contribution is -2.57. The van der Waals surface area contributed by atoms with Crippen molar-refractivity contribution in [1.29, 1.82) is 0 Å². The van der Waals surface area contributed by atoms with Crippen LogP contribution < -0.4 is 0 Å². The van der Waals surface area contributed by atoms with Crippen LogP contribution in [0.2, 0.25) is 0 Å². The molecule has 0 saturated carbocycles. The number of fused-ring (bicyclic) bond motifs is 1. The quantitative estimate of drug-likeness (QED) is 0.792. The van der Waals surface area contributed by atoms with Crippen LogP contribution in [-0.2, 0) is 4.79 Å². The van der Waals surface area contributed by atoms with Crippen molar-refractivity contribution >= 4 is 22.8 Å². The van der Waals surface area contributed by atoms with Gasteiger partial charge in [0.05, 0.1) is 5.52 Å². The zero-order chi connectivity index (χ0) is 20.4. The van der Waals surface area contributed by atoms with E-state index in [9.17, 15) is 14.7 Å². The first-order valence-corrected chi connectivity index (χ1v) is 10.4. The molecule has 0 unspecified atom stereocenters. The molecule has 4 rings (SSSR count). The topological polar surface area (TPSA) is 92.8 Å². The van der Waals surface area contributed by atoms with E-state index >= 15 is 0 Å². The highest BCUT2D eigenvalue weighted by atomic mass is 16.4. The molecule has 1 amide bonds. The SMILES string of the molecule is CN1CCN([C@@H]2CCN(C(=O)c3n[nH]c4ccccc34)C[C@@H]2CCC(=O)O)CC1. The number of amides is 1. The lowest BCUT2D eigenvalue weighted by Gasteiger charge is -2.46. The van der Waals surface area contributed by atoms with E-state index in [0.29, 0.717) is 31.2 Å². The largest absolute Gasteiger partial charge is 0.481 e. The van der Waals surface area contributed by atoms with E-state index in [-0.39, 0.29) is 18.2 Å². The molecular weight excluding hydrogens is 370 g/mol. The zero-order valence-corrected chi connectivity index (χ0v) is 16.9. The lowest BCUT2D eigenvalue weighted by molar-refractivity contribution is -0.137. The fraction of sp³-hybridized carbons (Fsp3) is 0.571. The number of piperidine rings is 1. The molecule has 0 aliphatic carbocycles. The summed E-state index contributed by atoms with van der Waals surface area (Å²) in [5.41, 5.74) is 1.31. The van der Waals surface area contributed by atoms with E-state index in [1.54, 1.807) is 0 Å². The third-order valence-corrected chi connectivity index (χ3v) is 6.39. The van der Waals surface area contributed by atoms with Gasteiger partial charge in [-0.05, 0) is 31.9 Å². The van der Waals surface area contributed by atoms with E-state index in [1.807, 2.05) is 29.2 Å². The van der Waals surface area contributed by atoms with E-state index in [0.717, 1.165) is 43.5 Å². The molecule has 2 fully saturated rings. The minimum atomic E-state index is -0.774. The monoisotopic (exact) mass is 399 g/mol. The first kappa shape index (κ1) is 19.8. The molecule has 29 heavy (non-hydrogen) atoms. The number of carboxylic acids is 1. The average molecular weight is 399 g/mol. The first-order valence-electron chi connectivity index (χ1n) is 10.4. The Labute approximate surface area is 170 Å². The second kappa shape index (κ2) is 8.51. The smallest absolute Gasteiger partial charge is 0.303 e. The Hall–Kier alpha value is -2.45. The van der Waals surface area contributed by atoms with Crippen molar-refractivity contribution in [3.8, 4) is 0 Å². The molecule has 2 atom stereocenters. The van der Waals surface area contributed by atoms with E-state index in [4.69, 9.17) is 0 Å². The number of hydrogen-bond acceptors (Lipinski definition) is 5. The molecule has 2 saturated heterocycles. The maximum absolute atomic E-state index is 13.2. The molecule has 0 bridgehead atoms. The van der Waals surface area contributed by atoms with Gasteiger partial charge in [-0.2, -0.15) is 5.10 Å². The van der Waals surface area contributed by atoms with Crippen LogP contribution in [0.4, 0.5) is 0 Å². The van der Waals surface area contributed by atoms with Crippen molar-refractivity contribution in [2.75, 3.05) is 46.3 Å². The Morgan fingerprint density at radius 2 is 1.93 bits per heavy atom. The third-order valence-electron chi connectivity index (χ3n) is 6.39. The second-order valence-corrected chi connectivity index (χ2v) is 8.26. The van der Waals surface area contributed by atoms with Gasteiger partial charge in [-0.25, -0.2) is 0 Å². The molecule has 8 heteroatoms. The van der Waals surface area contributed by atoms with Crippen molar-refractivity contribution < 1.29 is 14.7 Å². The third kappa shape index (κ3) is 4.28. The predicted octanol–water partition coefficient (Wildman–Crippen LogP) is 1.51. The molecule has 2 aliphatic rings. The van der Waals surface area contributed by atoms with E-state index in [1.165, 1.54) is 0 Å². The molecule has 2 N–H and O–H groups in total. The maximum atomic E-state index is 13.2. The molecule has 1 aromatic carbocycles. The van der Waals surface area contributed by atoms with Gasteiger partial charge in [0.2, 0.25) is 0 Å². The van der Waals surface area contributed by atoms with Gasteiger partial charge < -0.3 is 14.9 Å². The standard InChI is InChI=1S/C21H29N5O3/c1-24-10-12-25(13-11-24)18-8-9-26(14-15(18)6-7-19(27)28)21(29)20-16-4-2-3-5-17(16)22-23-20/h2-5,15,18H,6-14H2,1H3,(H,22,23)(H,27,28)/t15-,18+/m0/s1. The molecular formula is C21H29N5O3. The fourth-order valence-corrected chi connectivity index (χ4v) is 4.71. The van der Waals surface area contributed by atoms with Gasteiger partial charge in [-0.3, -0.25) is 19.6 Å². The molecule has 2 aromatic rings. The molecule has 156 valence electrons. The van der Waals surface area contributed by atoms with Crippen LogP contribution in [0.3, 0.4) is 0 Å². The second-order valence-electron chi connectivity index (χ2n) is 8.26. The minimum Gasteiger partial charge on any atom is -0.481 e. The van der Waals surface area contributed by atoms with Crippen molar-refractivity contribution in [3.05, 3.63) is 30.0 Å². The number of H-pyrrole nitrogens is 1. The number of likely N-dealkylation sites (tertiary alicyclic amines) is 1. The number of nitrogens with zero attached hydrogens (tertiary/aromatic N) is 4. The molecule has 2 aliphatic heterocycles. The minimum absolute atomic E-state index is 0.0698. The normalized spacial score (nSPS) is 24.1. The number of piperazine rings is 1. The summed E-state index contributed by atoms with van der Waals surface area (Å²) in [6.45, 7) is 5.34.